The Labute approximate surface area is 153 Å². The molecule has 0 saturated carbocycles. The SMILES string of the molecule is FC(F)(F)C(F)(F)CCCCCCCCCCCOCC1CCCCO1. The van der Waals surface area contributed by atoms with E-state index in [4.69, 9.17) is 9.47 Å². The van der Waals surface area contributed by atoms with Crippen molar-refractivity contribution < 1.29 is 31.4 Å². The molecule has 0 aliphatic carbocycles. The summed E-state index contributed by atoms with van der Waals surface area (Å²) in [5.41, 5.74) is 0. The third kappa shape index (κ3) is 10.7. The molecule has 0 bridgehead atoms. The Morgan fingerprint density at radius 2 is 1.35 bits per heavy atom. The smallest absolute Gasteiger partial charge is 0.379 e. The van der Waals surface area contributed by atoms with Crippen molar-refractivity contribution in [1.29, 1.82) is 0 Å². The minimum Gasteiger partial charge on any atom is -0.379 e. The van der Waals surface area contributed by atoms with Gasteiger partial charge in [-0.2, -0.15) is 22.0 Å². The van der Waals surface area contributed by atoms with E-state index in [0.717, 1.165) is 71.0 Å². The van der Waals surface area contributed by atoms with Gasteiger partial charge in [0.1, 0.15) is 0 Å². The molecule has 1 unspecified atom stereocenters. The third-order valence-corrected chi connectivity index (χ3v) is 4.77. The van der Waals surface area contributed by atoms with Crippen molar-refractivity contribution in [3.63, 3.8) is 0 Å². The van der Waals surface area contributed by atoms with Gasteiger partial charge in [0.25, 0.3) is 0 Å². The number of rotatable bonds is 14. The van der Waals surface area contributed by atoms with E-state index in [1.807, 2.05) is 0 Å². The van der Waals surface area contributed by atoms with Crippen molar-refractivity contribution >= 4 is 0 Å². The second-order valence-corrected chi connectivity index (χ2v) is 7.20. The minimum absolute atomic E-state index is 0.0748. The second-order valence-electron chi connectivity index (χ2n) is 7.20. The first-order chi connectivity index (χ1) is 12.3. The molecule has 7 heteroatoms. The first-order valence-corrected chi connectivity index (χ1v) is 9.97. The molecule has 1 aliphatic heterocycles. The van der Waals surface area contributed by atoms with E-state index in [1.165, 1.54) is 6.42 Å². The van der Waals surface area contributed by atoms with Crippen LogP contribution in [0.5, 0.6) is 0 Å². The van der Waals surface area contributed by atoms with Crippen LogP contribution in [0.15, 0.2) is 0 Å². The van der Waals surface area contributed by atoms with Crippen LogP contribution >= 0.6 is 0 Å². The molecule has 0 aromatic heterocycles. The van der Waals surface area contributed by atoms with Crippen molar-refractivity contribution in [3.05, 3.63) is 0 Å². The Morgan fingerprint density at radius 3 is 1.88 bits per heavy atom. The van der Waals surface area contributed by atoms with E-state index >= 15 is 0 Å². The number of hydrogen-bond donors (Lipinski definition) is 0. The molecule has 156 valence electrons. The molecule has 1 fully saturated rings. The summed E-state index contributed by atoms with van der Waals surface area (Å²) < 4.78 is 72.6. The van der Waals surface area contributed by atoms with Gasteiger partial charge in [0.15, 0.2) is 0 Å². The summed E-state index contributed by atoms with van der Waals surface area (Å²) in [5, 5.41) is 0. The standard InChI is InChI=1S/C19H33F5O2/c20-18(21,19(22,23)24)13-9-6-4-2-1-3-5-7-10-14-25-16-17-12-8-11-15-26-17/h17H,1-16H2. The van der Waals surface area contributed by atoms with Gasteiger partial charge >= 0.3 is 12.1 Å². The van der Waals surface area contributed by atoms with Crippen LogP contribution in [0.2, 0.25) is 0 Å². The Kier molecular flexibility index (Phi) is 11.7. The molecule has 1 atom stereocenters. The van der Waals surface area contributed by atoms with E-state index in [2.05, 4.69) is 0 Å². The van der Waals surface area contributed by atoms with Crippen LogP contribution in [0, 0.1) is 0 Å². The number of ether oxygens (including phenoxy) is 2. The van der Waals surface area contributed by atoms with Crippen LogP contribution in [0.1, 0.15) is 83.5 Å². The molecule has 0 amide bonds. The van der Waals surface area contributed by atoms with Crippen molar-refractivity contribution in [2.24, 2.45) is 0 Å². The number of unbranched alkanes of at least 4 members (excludes halogenated alkanes) is 8. The molecule has 2 nitrogen and oxygen atoms in total. The normalized spacial score (nSPS) is 19.0. The van der Waals surface area contributed by atoms with Crippen LogP contribution in [0.4, 0.5) is 22.0 Å². The summed E-state index contributed by atoms with van der Waals surface area (Å²) in [6, 6.07) is 0. The molecule has 0 N–H and O–H groups in total. The number of halogens is 5. The van der Waals surface area contributed by atoms with Gasteiger partial charge in [0.05, 0.1) is 12.7 Å². The van der Waals surface area contributed by atoms with Crippen LogP contribution in [-0.4, -0.2) is 38.0 Å². The fourth-order valence-electron chi connectivity index (χ4n) is 3.08. The van der Waals surface area contributed by atoms with Gasteiger partial charge in [-0.05, 0) is 32.1 Å². The first kappa shape index (κ1) is 23.6. The second kappa shape index (κ2) is 12.9. The summed E-state index contributed by atoms with van der Waals surface area (Å²) in [5.74, 6) is -4.54. The molecule has 1 saturated heterocycles. The topological polar surface area (TPSA) is 18.5 Å². The monoisotopic (exact) mass is 388 g/mol. The molecule has 1 heterocycles. The molecule has 0 spiro atoms. The Bertz CT molecular complexity index is 341. The van der Waals surface area contributed by atoms with Gasteiger partial charge in [0.2, 0.25) is 0 Å². The lowest BCUT2D eigenvalue weighted by Crippen LogP contribution is -2.36. The molecule has 1 aliphatic rings. The maximum Gasteiger partial charge on any atom is 0.453 e. The predicted octanol–water partition coefficient (Wildman–Crippen LogP) is 6.67. The van der Waals surface area contributed by atoms with Crippen molar-refractivity contribution in [2.75, 3.05) is 19.8 Å². The van der Waals surface area contributed by atoms with Gasteiger partial charge in [0, 0.05) is 19.6 Å². The van der Waals surface area contributed by atoms with Gasteiger partial charge in [-0.1, -0.05) is 44.9 Å². The van der Waals surface area contributed by atoms with Crippen LogP contribution < -0.4 is 0 Å². The van der Waals surface area contributed by atoms with E-state index in [1.54, 1.807) is 0 Å². The lowest BCUT2D eigenvalue weighted by atomic mass is 10.0. The third-order valence-electron chi connectivity index (χ3n) is 4.77. The minimum atomic E-state index is -5.42. The molecule has 26 heavy (non-hydrogen) atoms. The zero-order chi connectivity index (χ0) is 19.3. The van der Waals surface area contributed by atoms with Gasteiger partial charge < -0.3 is 9.47 Å². The molecular formula is C19H33F5O2. The average Bonchev–Trinajstić information content (AvgIpc) is 2.59. The fraction of sp³-hybridized carbons (Fsp3) is 1.00. The molecule has 0 aromatic rings. The van der Waals surface area contributed by atoms with Gasteiger partial charge in [-0.3, -0.25) is 0 Å². The highest BCUT2D eigenvalue weighted by Gasteiger charge is 2.56. The quantitative estimate of drug-likeness (QED) is 0.244. The van der Waals surface area contributed by atoms with E-state index in [9.17, 15) is 22.0 Å². The van der Waals surface area contributed by atoms with Crippen LogP contribution in [0.25, 0.3) is 0 Å². The highest BCUT2D eigenvalue weighted by molar-refractivity contribution is 4.75. The highest BCUT2D eigenvalue weighted by Crippen LogP contribution is 2.39. The van der Waals surface area contributed by atoms with Crippen molar-refractivity contribution in [2.45, 2.75) is 102 Å². The van der Waals surface area contributed by atoms with E-state index < -0.39 is 18.5 Å². The van der Waals surface area contributed by atoms with E-state index in [-0.39, 0.29) is 12.5 Å². The summed E-state index contributed by atoms with van der Waals surface area (Å²) in [7, 11) is 0. The average molecular weight is 388 g/mol. The summed E-state index contributed by atoms with van der Waals surface area (Å²) in [6.45, 7) is 2.29. The molecule has 0 aromatic carbocycles. The lowest BCUT2D eigenvalue weighted by Gasteiger charge is -2.22. The predicted molar refractivity (Wildman–Crippen MR) is 91.6 cm³/mol. The Hall–Kier alpha value is -0.430. The highest BCUT2D eigenvalue weighted by atomic mass is 19.4. The largest absolute Gasteiger partial charge is 0.453 e. The van der Waals surface area contributed by atoms with Crippen molar-refractivity contribution in [3.8, 4) is 0 Å². The Morgan fingerprint density at radius 1 is 0.769 bits per heavy atom. The zero-order valence-electron chi connectivity index (χ0n) is 15.6. The maximum absolute atomic E-state index is 12.7. The van der Waals surface area contributed by atoms with Crippen LogP contribution in [-0.2, 0) is 9.47 Å². The van der Waals surface area contributed by atoms with Crippen molar-refractivity contribution in [1.82, 2.24) is 0 Å². The molecule has 0 radical (unpaired) electrons. The summed E-state index contributed by atoms with van der Waals surface area (Å²) in [4.78, 5) is 0. The Balaban J connectivity index is 1.79. The van der Waals surface area contributed by atoms with Gasteiger partial charge in [-0.15, -0.1) is 0 Å². The summed E-state index contributed by atoms with van der Waals surface area (Å²) in [6.07, 6.45) is 4.50. The summed E-state index contributed by atoms with van der Waals surface area (Å²) >= 11 is 0. The lowest BCUT2D eigenvalue weighted by molar-refractivity contribution is -0.284. The maximum atomic E-state index is 12.7. The van der Waals surface area contributed by atoms with Gasteiger partial charge in [-0.25, -0.2) is 0 Å². The van der Waals surface area contributed by atoms with E-state index in [0.29, 0.717) is 13.0 Å². The molecule has 1 rings (SSSR count). The number of hydrogen-bond acceptors (Lipinski definition) is 2. The molecular weight excluding hydrogens is 355 g/mol. The number of alkyl halides is 5. The first-order valence-electron chi connectivity index (χ1n) is 9.97. The fourth-order valence-corrected chi connectivity index (χ4v) is 3.08. The zero-order valence-corrected chi connectivity index (χ0v) is 15.6. The van der Waals surface area contributed by atoms with Crippen LogP contribution in [0.3, 0.4) is 0 Å².